The zero-order valence-corrected chi connectivity index (χ0v) is 15.9. The Morgan fingerprint density at radius 1 is 1.23 bits per heavy atom. The van der Waals surface area contributed by atoms with E-state index in [0.29, 0.717) is 16.9 Å². The van der Waals surface area contributed by atoms with Crippen LogP contribution in [0.3, 0.4) is 0 Å². The van der Waals surface area contributed by atoms with Gasteiger partial charge in [0.05, 0.1) is 0 Å². The molecule has 3 rings (SSSR count). The molecular formula is C18H23ClN4O3. The third kappa shape index (κ3) is 4.88. The van der Waals surface area contributed by atoms with E-state index in [1.165, 1.54) is 0 Å². The fourth-order valence-electron chi connectivity index (χ4n) is 2.74. The topological polar surface area (TPSA) is 80.5 Å². The van der Waals surface area contributed by atoms with Crippen LogP contribution in [0.5, 0.6) is 0 Å². The molecule has 1 amide bonds. The molecule has 140 valence electrons. The number of ether oxygens (including phenoxy) is 1. The first kappa shape index (κ1) is 18.5. The highest BCUT2D eigenvalue weighted by Crippen LogP contribution is 2.25. The van der Waals surface area contributed by atoms with Crippen molar-refractivity contribution in [3.63, 3.8) is 0 Å². The number of nitrogens with one attached hydrogen (secondary N) is 1. The second-order valence-electron chi connectivity index (χ2n) is 7.30. The van der Waals surface area contributed by atoms with Crippen LogP contribution >= 0.6 is 11.6 Å². The Kier molecular flexibility index (Phi) is 5.36. The highest BCUT2D eigenvalue weighted by molar-refractivity contribution is 6.30. The molecule has 8 heteroatoms. The molecule has 1 saturated heterocycles. The van der Waals surface area contributed by atoms with Crippen LogP contribution in [0.4, 0.5) is 10.8 Å². The number of carbonyl (C=O) groups is 1. The molecule has 1 fully saturated rings. The Labute approximate surface area is 157 Å². The van der Waals surface area contributed by atoms with Gasteiger partial charge in [0.15, 0.2) is 0 Å². The summed E-state index contributed by atoms with van der Waals surface area (Å²) in [5.41, 5.74) is 0.335. The smallest absolute Gasteiger partial charge is 0.407 e. The zero-order valence-electron chi connectivity index (χ0n) is 15.2. The number of alkyl carbamates (subject to hydrolysis) is 1. The van der Waals surface area contributed by atoms with Crippen LogP contribution in [0.2, 0.25) is 5.02 Å². The van der Waals surface area contributed by atoms with E-state index in [4.69, 9.17) is 20.8 Å². The Morgan fingerprint density at radius 3 is 2.50 bits per heavy atom. The van der Waals surface area contributed by atoms with Gasteiger partial charge < -0.3 is 19.4 Å². The number of benzene rings is 1. The fraction of sp³-hybridized carbons (Fsp3) is 0.500. The molecule has 1 aromatic carbocycles. The lowest BCUT2D eigenvalue weighted by atomic mass is 10.1. The molecule has 2 aromatic rings. The van der Waals surface area contributed by atoms with Gasteiger partial charge in [0.2, 0.25) is 5.89 Å². The number of rotatable bonds is 3. The summed E-state index contributed by atoms with van der Waals surface area (Å²) in [6, 6.07) is 7.83. The summed E-state index contributed by atoms with van der Waals surface area (Å²) in [6.07, 6.45) is 1.20. The number of halogens is 1. The predicted molar refractivity (Wildman–Crippen MR) is 99.3 cm³/mol. The molecule has 0 spiro atoms. The van der Waals surface area contributed by atoms with E-state index in [9.17, 15) is 4.79 Å². The Bertz CT molecular complexity index is 747. The van der Waals surface area contributed by atoms with Crippen LogP contribution < -0.4 is 10.2 Å². The number of piperidine rings is 1. The van der Waals surface area contributed by atoms with Crippen molar-refractivity contribution >= 4 is 23.7 Å². The Morgan fingerprint density at radius 2 is 1.88 bits per heavy atom. The molecule has 26 heavy (non-hydrogen) atoms. The minimum Gasteiger partial charge on any atom is -0.444 e. The van der Waals surface area contributed by atoms with E-state index in [2.05, 4.69) is 15.5 Å². The molecule has 0 radical (unpaired) electrons. The van der Waals surface area contributed by atoms with Crippen molar-refractivity contribution in [2.24, 2.45) is 0 Å². The Balaban J connectivity index is 1.54. The van der Waals surface area contributed by atoms with Gasteiger partial charge in [0.1, 0.15) is 5.60 Å². The molecule has 0 atom stereocenters. The lowest BCUT2D eigenvalue weighted by Crippen LogP contribution is -2.46. The second-order valence-corrected chi connectivity index (χ2v) is 7.74. The molecule has 0 saturated carbocycles. The summed E-state index contributed by atoms with van der Waals surface area (Å²) in [6.45, 7) is 7.00. The zero-order chi connectivity index (χ0) is 18.7. The molecule has 0 aliphatic carbocycles. The van der Waals surface area contributed by atoms with E-state index < -0.39 is 5.60 Å². The summed E-state index contributed by atoms with van der Waals surface area (Å²) >= 11 is 5.90. The standard InChI is InChI=1S/C18H23ClN4O3/c1-18(2,3)26-17(24)20-14-8-10-23(11-9-14)16-22-21-15(25-16)12-4-6-13(19)7-5-12/h4-7,14H,8-11H2,1-3H3,(H,20,24). The van der Waals surface area contributed by atoms with Crippen molar-refractivity contribution in [1.29, 1.82) is 0 Å². The number of aromatic nitrogens is 2. The largest absolute Gasteiger partial charge is 0.444 e. The van der Waals surface area contributed by atoms with Crippen molar-refractivity contribution in [3.8, 4) is 11.5 Å². The number of carbonyl (C=O) groups excluding carboxylic acids is 1. The number of nitrogens with zero attached hydrogens (tertiary/aromatic N) is 3. The monoisotopic (exact) mass is 378 g/mol. The van der Waals surface area contributed by atoms with E-state index >= 15 is 0 Å². The lowest BCUT2D eigenvalue weighted by molar-refractivity contribution is 0.0497. The maximum Gasteiger partial charge on any atom is 0.407 e. The normalized spacial score (nSPS) is 15.8. The van der Waals surface area contributed by atoms with E-state index in [-0.39, 0.29) is 12.1 Å². The van der Waals surface area contributed by atoms with Crippen LogP contribution in [-0.2, 0) is 4.74 Å². The van der Waals surface area contributed by atoms with Gasteiger partial charge in [-0.15, -0.1) is 5.10 Å². The molecule has 2 heterocycles. The highest BCUT2D eigenvalue weighted by Gasteiger charge is 2.26. The van der Waals surface area contributed by atoms with Crippen molar-refractivity contribution in [3.05, 3.63) is 29.3 Å². The van der Waals surface area contributed by atoms with Gasteiger partial charge >= 0.3 is 12.1 Å². The van der Waals surface area contributed by atoms with Crippen LogP contribution in [0, 0.1) is 0 Å². The first-order chi connectivity index (χ1) is 12.3. The van der Waals surface area contributed by atoms with Gasteiger partial charge in [-0.3, -0.25) is 0 Å². The first-order valence-electron chi connectivity index (χ1n) is 8.64. The average molecular weight is 379 g/mol. The molecule has 1 aliphatic rings. The second kappa shape index (κ2) is 7.53. The third-order valence-electron chi connectivity index (χ3n) is 3.99. The van der Waals surface area contributed by atoms with Crippen molar-refractivity contribution < 1.29 is 13.9 Å². The SMILES string of the molecule is CC(C)(C)OC(=O)NC1CCN(c2nnc(-c3ccc(Cl)cc3)o2)CC1. The van der Waals surface area contributed by atoms with Gasteiger partial charge in [-0.25, -0.2) is 4.79 Å². The summed E-state index contributed by atoms with van der Waals surface area (Å²) in [5.74, 6) is 0.464. The number of amides is 1. The molecule has 1 aliphatic heterocycles. The number of anilines is 1. The summed E-state index contributed by atoms with van der Waals surface area (Å²) in [5, 5.41) is 11.8. The number of hydrogen-bond donors (Lipinski definition) is 1. The van der Waals surface area contributed by atoms with E-state index in [0.717, 1.165) is 31.5 Å². The maximum atomic E-state index is 11.9. The molecule has 1 N–H and O–H groups in total. The van der Waals surface area contributed by atoms with Crippen molar-refractivity contribution in [1.82, 2.24) is 15.5 Å². The van der Waals surface area contributed by atoms with Crippen LogP contribution in [0.1, 0.15) is 33.6 Å². The summed E-state index contributed by atoms with van der Waals surface area (Å²) < 4.78 is 11.1. The van der Waals surface area contributed by atoms with Gasteiger partial charge in [0, 0.05) is 29.7 Å². The average Bonchev–Trinajstić information content (AvgIpc) is 3.04. The quantitative estimate of drug-likeness (QED) is 0.872. The third-order valence-corrected chi connectivity index (χ3v) is 4.24. The summed E-state index contributed by atoms with van der Waals surface area (Å²) in [4.78, 5) is 13.9. The molecule has 7 nitrogen and oxygen atoms in total. The Hall–Kier alpha value is -2.28. The fourth-order valence-corrected chi connectivity index (χ4v) is 2.87. The maximum absolute atomic E-state index is 11.9. The van der Waals surface area contributed by atoms with E-state index in [1.54, 1.807) is 12.1 Å². The van der Waals surface area contributed by atoms with Gasteiger partial charge in [0.25, 0.3) is 0 Å². The highest BCUT2D eigenvalue weighted by atomic mass is 35.5. The summed E-state index contributed by atoms with van der Waals surface area (Å²) in [7, 11) is 0. The minimum atomic E-state index is -0.493. The molecule has 0 bridgehead atoms. The van der Waals surface area contributed by atoms with Gasteiger partial charge in [-0.05, 0) is 57.9 Å². The van der Waals surface area contributed by atoms with Crippen LogP contribution in [0.15, 0.2) is 28.7 Å². The van der Waals surface area contributed by atoms with Crippen LogP contribution in [0.25, 0.3) is 11.5 Å². The lowest BCUT2D eigenvalue weighted by Gasteiger charge is -2.31. The first-order valence-corrected chi connectivity index (χ1v) is 9.02. The molecule has 1 aromatic heterocycles. The van der Waals surface area contributed by atoms with Crippen molar-refractivity contribution in [2.75, 3.05) is 18.0 Å². The van der Waals surface area contributed by atoms with E-state index in [1.807, 2.05) is 37.8 Å². The predicted octanol–water partition coefficient (Wildman–Crippen LogP) is 3.88. The molecular weight excluding hydrogens is 356 g/mol. The number of hydrogen-bond acceptors (Lipinski definition) is 6. The van der Waals surface area contributed by atoms with Crippen LogP contribution in [-0.4, -0.2) is 41.0 Å². The minimum absolute atomic E-state index is 0.0831. The van der Waals surface area contributed by atoms with Crippen molar-refractivity contribution in [2.45, 2.75) is 45.3 Å². The van der Waals surface area contributed by atoms with Gasteiger partial charge in [-0.1, -0.05) is 16.7 Å². The van der Waals surface area contributed by atoms with Gasteiger partial charge in [-0.2, -0.15) is 0 Å². The molecule has 0 unspecified atom stereocenters.